The minimum atomic E-state index is -0.983. The lowest BCUT2D eigenvalue weighted by atomic mass is 10.0. The molecule has 9 heteroatoms. The zero-order chi connectivity index (χ0) is 25.2. The summed E-state index contributed by atoms with van der Waals surface area (Å²) in [7, 11) is 3.23. The molecule has 182 valence electrons. The summed E-state index contributed by atoms with van der Waals surface area (Å²) in [6.07, 6.45) is 3.66. The van der Waals surface area contributed by atoms with E-state index in [4.69, 9.17) is 21.7 Å². The highest BCUT2D eigenvalue weighted by molar-refractivity contribution is 7.80. The minimum Gasteiger partial charge on any atom is -0.497 e. The van der Waals surface area contributed by atoms with Gasteiger partial charge in [0.2, 0.25) is 0 Å². The molecule has 0 amide bonds. The molecular formula is C27H24N4O4S. The maximum absolute atomic E-state index is 11.6. The molecule has 1 aliphatic rings. The van der Waals surface area contributed by atoms with Gasteiger partial charge in [-0.2, -0.15) is 0 Å². The van der Waals surface area contributed by atoms with Crippen molar-refractivity contribution in [3.63, 3.8) is 0 Å². The van der Waals surface area contributed by atoms with Crippen molar-refractivity contribution < 1.29 is 19.4 Å². The van der Waals surface area contributed by atoms with Crippen LogP contribution in [0.5, 0.6) is 11.5 Å². The van der Waals surface area contributed by atoms with Gasteiger partial charge in [-0.15, -0.1) is 0 Å². The van der Waals surface area contributed by atoms with Crippen molar-refractivity contribution in [1.82, 2.24) is 14.9 Å². The summed E-state index contributed by atoms with van der Waals surface area (Å²) in [5, 5.41) is 13.5. The van der Waals surface area contributed by atoms with Crippen LogP contribution in [0, 0.1) is 0 Å². The average Bonchev–Trinajstić information content (AvgIpc) is 3.53. The van der Waals surface area contributed by atoms with Crippen LogP contribution in [0.3, 0.4) is 0 Å². The number of aromatic carboxylic acids is 1. The molecule has 2 aromatic heterocycles. The Labute approximate surface area is 213 Å². The summed E-state index contributed by atoms with van der Waals surface area (Å²) < 4.78 is 13.2. The molecule has 1 saturated heterocycles. The Morgan fingerprint density at radius 2 is 1.89 bits per heavy atom. The quantitative estimate of drug-likeness (QED) is 0.351. The van der Waals surface area contributed by atoms with Crippen molar-refractivity contribution in [3.05, 3.63) is 102 Å². The van der Waals surface area contributed by atoms with Crippen LogP contribution < -0.4 is 19.7 Å². The Bertz CT molecular complexity index is 1420. The lowest BCUT2D eigenvalue weighted by molar-refractivity contribution is 0.0697. The number of carbonyl (C=O) groups is 1. The normalized spacial score (nSPS) is 17.1. The summed E-state index contributed by atoms with van der Waals surface area (Å²) in [5.41, 5.74) is 3.39. The number of benzene rings is 2. The molecule has 0 bridgehead atoms. The van der Waals surface area contributed by atoms with Gasteiger partial charge in [-0.05, 0) is 66.8 Å². The predicted molar refractivity (Wildman–Crippen MR) is 140 cm³/mol. The highest BCUT2D eigenvalue weighted by Crippen LogP contribution is 2.46. The van der Waals surface area contributed by atoms with Crippen molar-refractivity contribution in [2.75, 3.05) is 19.1 Å². The lowest BCUT2D eigenvalue weighted by Crippen LogP contribution is -2.30. The first-order valence-corrected chi connectivity index (χ1v) is 11.7. The smallest absolute Gasteiger partial charge is 0.335 e. The Morgan fingerprint density at radius 1 is 1.03 bits per heavy atom. The summed E-state index contributed by atoms with van der Waals surface area (Å²) in [6, 6.07) is 21.5. The van der Waals surface area contributed by atoms with Crippen LogP contribution >= 0.6 is 12.2 Å². The van der Waals surface area contributed by atoms with Gasteiger partial charge < -0.3 is 29.4 Å². The molecule has 5 rings (SSSR count). The van der Waals surface area contributed by atoms with Crippen molar-refractivity contribution in [1.29, 1.82) is 0 Å². The standard InChI is InChI=1S/C27H24N4O4S/c1-34-19-11-12-23(35-2)22(16-19)31-25(24(29-27(31)36)20-9-3-4-13-28-20)21-10-6-14-30(21)18-8-5-7-17(15-18)26(32)33/h3-16,24-25H,1-2H3,(H,29,36)(H,32,33)/t24-,25-/m1/s1. The number of aromatic nitrogens is 2. The molecule has 2 aromatic carbocycles. The lowest BCUT2D eigenvalue weighted by Gasteiger charge is -2.30. The van der Waals surface area contributed by atoms with Crippen molar-refractivity contribution in [3.8, 4) is 17.2 Å². The zero-order valence-electron chi connectivity index (χ0n) is 19.7. The van der Waals surface area contributed by atoms with E-state index in [-0.39, 0.29) is 17.6 Å². The third-order valence-corrected chi connectivity index (χ3v) is 6.51. The molecule has 0 aliphatic carbocycles. The van der Waals surface area contributed by atoms with Gasteiger partial charge in [-0.1, -0.05) is 12.1 Å². The fraction of sp³-hybridized carbons (Fsp3) is 0.148. The van der Waals surface area contributed by atoms with E-state index in [1.807, 2.05) is 70.3 Å². The van der Waals surface area contributed by atoms with Gasteiger partial charge in [0.25, 0.3) is 0 Å². The monoisotopic (exact) mass is 500 g/mol. The topological polar surface area (TPSA) is 88.9 Å². The zero-order valence-corrected chi connectivity index (χ0v) is 20.5. The third kappa shape index (κ3) is 4.14. The molecule has 0 radical (unpaired) electrons. The van der Waals surface area contributed by atoms with Gasteiger partial charge >= 0.3 is 5.97 Å². The van der Waals surface area contributed by atoms with E-state index in [9.17, 15) is 9.90 Å². The average molecular weight is 501 g/mol. The molecule has 2 N–H and O–H groups in total. The Morgan fingerprint density at radius 3 is 2.61 bits per heavy atom. The second-order valence-electron chi connectivity index (χ2n) is 8.19. The number of nitrogens with one attached hydrogen (secondary N) is 1. The number of ether oxygens (including phenoxy) is 2. The van der Waals surface area contributed by atoms with Crippen molar-refractivity contribution in [2.45, 2.75) is 12.1 Å². The molecule has 0 unspecified atom stereocenters. The van der Waals surface area contributed by atoms with E-state index in [0.29, 0.717) is 16.6 Å². The van der Waals surface area contributed by atoms with Crippen LogP contribution in [0.15, 0.2) is 85.2 Å². The first kappa shape index (κ1) is 23.4. The van der Waals surface area contributed by atoms with Crippen molar-refractivity contribution >= 4 is 29.0 Å². The third-order valence-electron chi connectivity index (χ3n) is 6.20. The number of carboxylic acid groups (broad SMARTS) is 1. The second kappa shape index (κ2) is 9.71. The van der Waals surface area contributed by atoms with Gasteiger partial charge in [0.1, 0.15) is 17.5 Å². The molecule has 0 spiro atoms. The number of nitrogens with zero attached hydrogens (tertiary/aromatic N) is 3. The SMILES string of the molecule is COc1ccc(OC)c(N2C(=S)N[C@H](c3ccccn3)[C@H]2c2cccn2-c2cccc(C(=O)O)c2)c1. The molecule has 1 aliphatic heterocycles. The van der Waals surface area contributed by atoms with Crippen LogP contribution in [0.1, 0.15) is 33.8 Å². The van der Waals surface area contributed by atoms with Gasteiger partial charge in [0.05, 0.1) is 37.2 Å². The first-order chi connectivity index (χ1) is 17.5. The van der Waals surface area contributed by atoms with E-state index in [1.54, 1.807) is 38.6 Å². The molecule has 3 heterocycles. The highest BCUT2D eigenvalue weighted by atomic mass is 32.1. The Balaban J connectivity index is 1.70. The number of pyridine rings is 1. The van der Waals surface area contributed by atoms with E-state index >= 15 is 0 Å². The van der Waals surface area contributed by atoms with E-state index in [2.05, 4.69) is 10.3 Å². The van der Waals surface area contributed by atoms with Gasteiger partial charge in [0.15, 0.2) is 5.11 Å². The van der Waals surface area contributed by atoms with Crippen LogP contribution in [-0.4, -0.2) is 40.0 Å². The number of hydrogen-bond donors (Lipinski definition) is 2. The highest BCUT2D eigenvalue weighted by Gasteiger charge is 2.43. The number of methoxy groups -OCH3 is 2. The molecule has 2 atom stereocenters. The van der Waals surface area contributed by atoms with E-state index in [0.717, 1.165) is 22.8 Å². The number of rotatable bonds is 7. The minimum absolute atomic E-state index is 0.208. The summed E-state index contributed by atoms with van der Waals surface area (Å²) in [4.78, 5) is 18.2. The van der Waals surface area contributed by atoms with Gasteiger partial charge in [0, 0.05) is 29.8 Å². The van der Waals surface area contributed by atoms with Gasteiger partial charge in [-0.3, -0.25) is 4.98 Å². The fourth-order valence-electron chi connectivity index (χ4n) is 4.56. The van der Waals surface area contributed by atoms with Crippen LogP contribution in [-0.2, 0) is 0 Å². The second-order valence-corrected chi connectivity index (χ2v) is 8.58. The Hall–Kier alpha value is -4.37. The maximum Gasteiger partial charge on any atom is 0.335 e. The molecule has 1 fully saturated rings. The fourth-order valence-corrected chi connectivity index (χ4v) is 4.90. The van der Waals surface area contributed by atoms with Crippen LogP contribution in [0.4, 0.5) is 5.69 Å². The molecule has 8 nitrogen and oxygen atoms in total. The molecule has 4 aromatic rings. The Kier molecular flexibility index (Phi) is 6.30. The van der Waals surface area contributed by atoms with Crippen LogP contribution in [0.25, 0.3) is 5.69 Å². The summed E-state index contributed by atoms with van der Waals surface area (Å²) in [5.74, 6) is 0.319. The number of hydrogen-bond acceptors (Lipinski definition) is 5. The number of carboxylic acids is 1. The number of anilines is 1. The summed E-state index contributed by atoms with van der Waals surface area (Å²) in [6.45, 7) is 0. The number of thiocarbonyl (C=S) groups is 1. The predicted octanol–water partition coefficient (Wildman–Crippen LogP) is 4.76. The van der Waals surface area contributed by atoms with Gasteiger partial charge in [-0.25, -0.2) is 4.79 Å². The van der Waals surface area contributed by atoms with E-state index in [1.165, 1.54) is 0 Å². The van der Waals surface area contributed by atoms with E-state index < -0.39 is 5.97 Å². The molecule has 36 heavy (non-hydrogen) atoms. The van der Waals surface area contributed by atoms with Crippen molar-refractivity contribution in [2.24, 2.45) is 0 Å². The maximum atomic E-state index is 11.6. The summed E-state index contributed by atoms with van der Waals surface area (Å²) >= 11 is 5.86. The molecular weight excluding hydrogens is 476 g/mol. The largest absolute Gasteiger partial charge is 0.497 e. The first-order valence-electron chi connectivity index (χ1n) is 11.3. The van der Waals surface area contributed by atoms with Crippen LogP contribution in [0.2, 0.25) is 0 Å². The molecule has 0 saturated carbocycles.